The molecule has 1 fully saturated rings. The van der Waals surface area contributed by atoms with E-state index in [1.807, 2.05) is 24.3 Å². The van der Waals surface area contributed by atoms with E-state index in [-0.39, 0.29) is 5.91 Å². The lowest BCUT2D eigenvalue weighted by Gasteiger charge is -2.32. The van der Waals surface area contributed by atoms with E-state index in [4.69, 9.17) is 0 Å². The Morgan fingerprint density at radius 1 is 0.871 bits per heavy atom. The van der Waals surface area contributed by atoms with Crippen molar-refractivity contribution in [2.45, 2.75) is 39.3 Å². The van der Waals surface area contributed by atoms with Crippen LogP contribution in [0.3, 0.4) is 0 Å². The second-order valence-corrected chi connectivity index (χ2v) is 8.72. The zero-order valence-electron chi connectivity index (χ0n) is 18.4. The van der Waals surface area contributed by atoms with Crippen molar-refractivity contribution in [1.82, 2.24) is 10.2 Å². The lowest BCUT2D eigenvalue weighted by atomic mass is 9.90. The van der Waals surface area contributed by atoms with Crippen LogP contribution in [0.25, 0.3) is 0 Å². The number of nitrogens with zero attached hydrogens (tertiary/aromatic N) is 1. The maximum absolute atomic E-state index is 12.5. The number of aryl methyl sites for hydroxylation is 1. The molecule has 0 saturated carbocycles. The molecule has 3 aromatic rings. The highest BCUT2D eigenvalue weighted by Crippen LogP contribution is 2.23. The van der Waals surface area contributed by atoms with Crippen LogP contribution in [0.5, 0.6) is 0 Å². The first-order valence-corrected chi connectivity index (χ1v) is 11.4. The Morgan fingerprint density at radius 3 is 2.26 bits per heavy atom. The highest BCUT2D eigenvalue weighted by molar-refractivity contribution is 5.94. The van der Waals surface area contributed by atoms with Crippen molar-refractivity contribution in [2.24, 2.45) is 5.92 Å². The number of amides is 1. The molecule has 0 atom stereocenters. The summed E-state index contributed by atoms with van der Waals surface area (Å²) in [5, 5.41) is 3.03. The van der Waals surface area contributed by atoms with Crippen LogP contribution in [0.1, 0.15) is 45.5 Å². The van der Waals surface area contributed by atoms with Gasteiger partial charge in [-0.1, -0.05) is 66.7 Å². The smallest absolute Gasteiger partial charge is 0.251 e. The van der Waals surface area contributed by atoms with Crippen molar-refractivity contribution in [3.63, 3.8) is 0 Å². The molecule has 0 spiro atoms. The molecule has 1 amide bonds. The molecule has 0 radical (unpaired) electrons. The van der Waals surface area contributed by atoms with Gasteiger partial charge in [0.2, 0.25) is 0 Å². The Hall–Kier alpha value is -2.91. The van der Waals surface area contributed by atoms with Gasteiger partial charge in [-0.3, -0.25) is 9.69 Å². The van der Waals surface area contributed by atoms with Gasteiger partial charge in [-0.15, -0.1) is 0 Å². The molecular formula is C28H32N2O. The molecule has 31 heavy (non-hydrogen) atoms. The zero-order valence-corrected chi connectivity index (χ0v) is 18.4. The summed E-state index contributed by atoms with van der Waals surface area (Å²) in [6.07, 6.45) is 3.71. The maximum Gasteiger partial charge on any atom is 0.251 e. The lowest BCUT2D eigenvalue weighted by Crippen LogP contribution is -2.33. The number of nitrogens with one attached hydrogen (secondary N) is 1. The van der Waals surface area contributed by atoms with Gasteiger partial charge in [0.1, 0.15) is 0 Å². The molecule has 1 saturated heterocycles. The molecule has 0 aliphatic carbocycles. The first kappa shape index (κ1) is 21.3. The average Bonchev–Trinajstić information content (AvgIpc) is 2.81. The SMILES string of the molecule is Cc1ccccc1CNC(=O)c1ccc(CN2CCC(Cc3ccccc3)CC2)cc1. The molecule has 3 nitrogen and oxygen atoms in total. The number of carbonyl (C=O) groups excluding carboxylic acids is 1. The molecule has 1 aliphatic rings. The molecule has 0 bridgehead atoms. The molecule has 3 aromatic carbocycles. The third kappa shape index (κ3) is 6.05. The Balaban J connectivity index is 1.23. The predicted molar refractivity (Wildman–Crippen MR) is 127 cm³/mol. The summed E-state index contributed by atoms with van der Waals surface area (Å²) in [5.74, 6) is 0.773. The van der Waals surface area contributed by atoms with Crippen LogP contribution in [0.15, 0.2) is 78.9 Å². The molecule has 1 N–H and O–H groups in total. The first-order valence-electron chi connectivity index (χ1n) is 11.4. The summed E-state index contributed by atoms with van der Waals surface area (Å²) in [6, 6.07) is 27.1. The highest BCUT2D eigenvalue weighted by atomic mass is 16.1. The molecule has 0 aromatic heterocycles. The summed E-state index contributed by atoms with van der Waals surface area (Å²) in [4.78, 5) is 15.0. The minimum atomic E-state index is -0.0171. The minimum Gasteiger partial charge on any atom is -0.348 e. The van der Waals surface area contributed by atoms with Gasteiger partial charge in [0.25, 0.3) is 5.91 Å². The van der Waals surface area contributed by atoms with Gasteiger partial charge in [0.15, 0.2) is 0 Å². The van der Waals surface area contributed by atoms with E-state index >= 15 is 0 Å². The van der Waals surface area contributed by atoms with E-state index in [9.17, 15) is 4.79 Å². The molecule has 1 aliphatic heterocycles. The van der Waals surface area contributed by atoms with Gasteiger partial charge >= 0.3 is 0 Å². The van der Waals surface area contributed by atoms with Crippen LogP contribution in [0.2, 0.25) is 0 Å². The van der Waals surface area contributed by atoms with Crippen molar-refractivity contribution in [3.8, 4) is 0 Å². The molecule has 4 rings (SSSR count). The molecule has 0 unspecified atom stereocenters. The third-order valence-electron chi connectivity index (χ3n) is 6.40. The zero-order chi connectivity index (χ0) is 21.5. The molecule has 1 heterocycles. The van der Waals surface area contributed by atoms with Gasteiger partial charge in [-0.25, -0.2) is 0 Å². The summed E-state index contributed by atoms with van der Waals surface area (Å²) in [5.41, 5.74) is 5.81. The van der Waals surface area contributed by atoms with Gasteiger partial charge < -0.3 is 5.32 Å². The number of benzene rings is 3. The van der Waals surface area contributed by atoms with Gasteiger partial charge in [0, 0.05) is 18.7 Å². The monoisotopic (exact) mass is 412 g/mol. The fraction of sp³-hybridized carbons (Fsp3) is 0.321. The van der Waals surface area contributed by atoms with E-state index < -0.39 is 0 Å². The number of rotatable bonds is 7. The maximum atomic E-state index is 12.5. The largest absolute Gasteiger partial charge is 0.348 e. The van der Waals surface area contributed by atoms with Crippen molar-refractivity contribution in [3.05, 3.63) is 107 Å². The fourth-order valence-electron chi connectivity index (χ4n) is 4.40. The third-order valence-corrected chi connectivity index (χ3v) is 6.40. The Labute approximate surface area is 186 Å². The van der Waals surface area contributed by atoms with E-state index in [0.717, 1.165) is 36.7 Å². The first-order chi connectivity index (χ1) is 15.2. The van der Waals surface area contributed by atoms with Crippen LogP contribution in [-0.4, -0.2) is 23.9 Å². The van der Waals surface area contributed by atoms with Crippen LogP contribution < -0.4 is 5.32 Å². The van der Waals surface area contributed by atoms with Crippen LogP contribution in [-0.2, 0) is 19.5 Å². The topological polar surface area (TPSA) is 32.3 Å². The quantitative estimate of drug-likeness (QED) is 0.565. The Bertz CT molecular complexity index is 973. The fourth-order valence-corrected chi connectivity index (χ4v) is 4.40. The number of hydrogen-bond donors (Lipinski definition) is 1. The molecular weight excluding hydrogens is 380 g/mol. The molecule has 160 valence electrons. The highest BCUT2D eigenvalue weighted by Gasteiger charge is 2.19. The second-order valence-electron chi connectivity index (χ2n) is 8.72. The van der Waals surface area contributed by atoms with Crippen molar-refractivity contribution in [1.29, 1.82) is 0 Å². The Morgan fingerprint density at radius 2 is 1.55 bits per heavy atom. The predicted octanol–water partition coefficient (Wildman–Crippen LogP) is 5.38. The van der Waals surface area contributed by atoms with E-state index in [0.29, 0.717) is 6.54 Å². The van der Waals surface area contributed by atoms with Crippen molar-refractivity contribution < 1.29 is 4.79 Å². The molecule has 3 heteroatoms. The second kappa shape index (κ2) is 10.4. The number of carbonyl (C=O) groups is 1. The van der Waals surface area contributed by atoms with Crippen LogP contribution in [0.4, 0.5) is 0 Å². The summed E-state index contributed by atoms with van der Waals surface area (Å²) >= 11 is 0. The van der Waals surface area contributed by atoms with Gasteiger partial charge in [-0.05, 0) is 79.6 Å². The summed E-state index contributed by atoms with van der Waals surface area (Å²) in [7, 11) is 0. The number of hydrogen-bond acceptors (Lipinski definition) is 2. The van der Waals surface area contributed by atoms with E-state index in [1.54, 1.807) is 0 Å². The standard InChI is InChI=1S/C28H32N2O/c1-22-7-5-6-10-27(22)20-29-28(31)26-13-11-25(12-14-26)21-30-17-15-24(16-18-30)19-23-8-3-2-4-9-23/h2-14,24H,15-21H2,1H3,(H,29,31). The van der Waals surface area contributed by atoms with Gasteiger partial charge in [-0.2, -0.15) is 0 Å². The normalized spacial score (nSPS) is 15.0. The minimum absolute atomic E-state index is 0.0171. The average molecular weight is 413 g/mol. The lowest BCUT2D eigenvalue weighted by molar-refractivity contribution is 0.0951. The Kier molecular flexibility index (Phi) is 7.16. The van der Waals surface area contributed by atoms with Crippen molar-refractivity contribution >= 4 is 5.91 Å². The van der Waals surface area contributed by atoms with Crippen molar-refractivity contribution in [2.75, 3.05) is 13.1 Å². The van der Waals surface area contributed by atoms with E-state index in [1.165, 1.54) is 36.0 Å². The van der Waals surface area contributed by atoms with Gasteiger partial charge in [0.05, 0.1) is 0 Å². The number of piperidine rings is 1. The number of likely N-dealkylation sites (tertiary alicyclic amines) is 1. The van der Waals surface area contributed by atoms with Crippen LogP contribution >= 0.6 is 0 Å². The van der Waals surface area contributed by atoms with Crippen LogP contribution in [0, 0.1) is 12.8 Å². The van der Waals surface area contributed by atoms with E-state index in [2.05, 4.69) is 71.7 Å². The summed E-state index contributed by atoms with van der Waals surface area (Å²) in [6.45, 7) is 5.89. The summed E-state index contributed by atoms with van der Waals surface area (Å²) < 4.78 is 0.